The smallest absolute Gasteiger partial charge is 0.229 e. The first-order valence-electron chi connectivity index (χ1n) is 14.6. The maximum Gasteiger partial charge on any atom is 0.229 e. The molecule has 0 unspecified atom stereocenters. The molecule has 1 saturated heterocycles. The minimum Gasteiger partial charge on any atom is -0.496 e. The van der Waals surface area contributed by atoms with Crippen LogP contribution in [0.1, 0.15) is 38.8 Å². The minimum absolute atomic E-state index is 0.0344. The number of benzene rings is 2. The SMILES string of the molecule is [B]C(C)(C)Oc1cc(C2([B])C([B])([B])C([B])([B])NC([B])([B])C2([B])[B])c(C)cc1Nc1ncc(Cl)c(Nc2ccccc2S(=O)(=O)C(C)C)n1. The van der Waals surface area contributed by atoms with E-state index in [9.17, 15) is 8.42 Å². The average Bonchev–Trinajstić information content (AvgIpc) is 2.93. The summed E-state index contributed by atoms with van der Waals surface area (Å²) in [5.41, 5.74) is -0.141. The third-order valence-corrected chi connectivity index (χ3v) is 10.8. The Morgan fingerprint density at radius 3 is 2.02 bits per heavy atom. The molecule has 0 saturated carbocycles. The van der Waals surface area contributed by atoms with Gasteiger partial charge in [-0.3, -0.25) is 0 Å². The number of hydrogen-bond acceptors (Lipinski definition) is 8. The molecule has 20 radical (unpaired) electrons. The van der Waals surface area contributed by atoms with Gasteiger partial charge in [0.1, 0.15) is 18.6 Å². The molecular formula is C28H26B10ClN5O3S. The highest BCUT2D eigenvalue weighted by Gasteiger charge is 2.63. The summed E-state index contributed by atoms with van der Waals surface area (Å²) in [5, 5.41) is -3.11. The first-order valence-corrected chi connectivity index (χ1v) is 16.5. The van der Waals surface area contributed by atoms with Crippen LogP contribution in [0.4, 0.5) is 23.1 Å². The Balaban J connectivity index is 1.85. The largest absolute Gasteiger partial charge is 0.496 e. The number of nitrogens with one attached hydrogen (secondary N) is 3. The van der Waals surface area contributed by atoms with E-state index in [2.05, 4.69) is 25.9 Å². The number of para-hydroxylation sites is 1. The summed E-state index contributed by atoms with van der Waals surface area (Å²) in [7, 11) is 60.7. The van der Waals surface area contributed by atoms with Crippen molar-refractivity contribution in [2.45, 2.75) is 76.7 Å². The average molecular weight is 656 g/mol. The first kappa shape index (κ1) is 38.6. The molecule has 3 N–H and O–H groups in total. The van der Waals surface area contributed by atoms with Crippen LogP contribution in [0.15, 0.2) is 47.5 Å². The molecule has 20 heteroatoms. The molecule has 0 bridgehead atoms. The van der Waals surface area contributed by atoms with E-state index in [0.29, 0.717) is 11.3 Å². The second-order valence-corrected chi connectivity index (χ2v) is 15.9. The summed E-state index contributed by atoms with van der Waals surface area (Å²) >= 11 is 6.43. The summed E-state index contributed by atoms with van der Waals surface area (Å²) in [4.78, 5) is 8.84. The zero-order valence-corrected chi connectivity index (χ0v) is 28.9. The number of sulfone groups is 1. The number of aryl methyl sites for hydroxylation is 1. The van der Waals surface area contributed by atoms with Gasteiger partial charge in [0.2, 0.25) is 5.95 Å². The minimum atomic E-state index is -3.65. The molecule has 3 aromatic rings. The number of rotatable bonds is 9. The monoisotopic (exact) mass is 657 g/mol. The Morgan fingerprint density at radius 1 is 0.917 bits per heavy atom. The number of ether oxygens (including phenoxy) is 1. The number of aromatic nitrogens is 2. The van der Waals surface area contributed by atoms with Gasteiger partial charge in [0, 0.05) is 0 Å². The summed E-state index contributed by atoms with van der Waals surface area (Å²) in [6, 6.07) is 9.44. The Morgan fingerprint density at radius 2 is 1.48 bits per heavy atom. The van der Waals surface area contributed by atoms with Crippen molar-refractivity contribution in [1.82, 2.24) is 15.3 Å². The van der Waals surface area contributed by atoms with E-state index in [4.69, 9.17) is 94.8 Å². The van der Waals surface area contributed by atoms with E-state index >= 15 is 0 Å². The Kier molecular flexibility index (Phi) is 10.1. The van der Waals surface area contributed by atoms with E-state index in [1.54, 1.807) is 58.9 Å². The molecule has 1 aliphatic rings. The standard InChI is InChI=1S/C28H26B10ClN5O3S/c1-13(2)48(45,46)20-9-7-6-8-17(20)41-21-16(39)12-40-22(43-21)42-18-10-14(3)15(11-19(18)47-23(4,5)29)24(30)25(31,32)27(35,36)44-28(37,38)26(24,33)34/h6-13,44H,1-5H3,(H2,40,41,42,43). The number of halogens is 1. The van der Waals surface area contributed by atoms with Crippen LogP contribution in [0.25, 0.3) is 0 Å². The molecule has 4 rings (SSSR count). The molecule has 0 amide bonds. The summed E-state index contributed by atoms with van der Waals surface area (Å²) in [5.74, 6) is 0.244. The van der Waals surface area contributed by atoms with Crippen molar-refractivity contribution >= 4 is 123 Å². The van der Waals surface area contributed by atoms with E-state index in [1.807, 2.05) is 0 Å². The maximum absolute atomic E-state index is 13.0. The molecule has 0 aliphatic carbocycles. The first-order chi connectivity index (χ1) is 21.7. The lowest BCUT2D eigenvalue weighted by Crippen LogP contribution is -2.82. The van der Waals surface area contributed by atoms with Gasteiger partial charge in [0.05, 0.1) is 104 Å². The van der Waals surface area contributed by atoms with Crippen molar-refractivity contribution in [3.63, 3.8) is 0 Å². The molecular weight excluding hydrogens is 630 g/mol. The maximum atomic E-state index is 13.0. The second-order valence-electron chi connectivity index (χ2n) is 13.0. The second kappa shape index (κ2) is 12.5. The molecule has 224 valence electrons. The van der Waals surface area contributed by atoms with Crippen LogP contribution in [0.3, 0.4) is 0 Å². The molecule has 48 heavy (non-hydrogen) atoms. The van der Waals surface area contributed by atoms with E-state index in [1.165, 1.54) is 18.3 Å². The Hall–Kier alpha value is -2.23. The van der Waals surface area contributed by atoms with Crippen molar-refractivity contribution in [3.8, 4) is 5.75 Å². The molecule has 0 spiro atoms. The number of piperidine rings is 1. The lowest BCUT2D eigenvalue weighted by Gasteiger charge is -2.75. The van der Waals surface area contributed by atoms with Crippen molar-refractivity contribution in [3.05, 3.63) is 58.7 Å². The molecule has 8 nitrogen and oxygen atoms in total. The molecule has 2 aromatic carbocycles. The number of anilines is 4. The number of hydrogen-bond donors (Lipinski definition) is 3. The normalized spacial score (nSPS) is 19.3. The van der Waals surface area contributed by atoms with Crippen molar-refractivity contribution in [1.29, 1.82) is 0 Å². The van der Waals surface area contributed by atoms with Gasteiger partial charge in [-0.05, 0) is 70.0 Å². The van der Waals surface area contributed by atoms with Gasteiger partial charge >= 0.3 is 0 Å². The third-order valence-electron chi connectivity index (χ3n) is 8.27. The highest BCUT2D eigenvalue weighted by atomic mass is 35.5. The van der Waals surface area contributed by atoms with Gasteiger partial charge in [-0.1, -0.05) is 50.2 Å². The molecule has 1 fully saturated rings. The topological polar surface area (TPSA) is 105 Å². The number of nitrogens with zero attached hydrogens (tertiary/aromatic N) is 2. The summed E-state index contributed by atoms with van der Waals surface area (Å²) < 4.78 is 32.1. The summed E-state index contributed by atoms with van der Waals surface area (Å²) in [6.45, 7) is 8.04. The zero-order valence-electron chi connectivity index (χ0n) is 27.3. The Bertz CT molecular complexity index is 1810. The molecule has 1 aliphatic heterocycles. The van der Waals surface area contributed by atoms with Crippen LogP contribution in [0.5, 0.6) is 5.75 Å². The van der Waals surface area contributed by atoms with Crippen LogP contribution in [-0.2, 0) is 15.2 Å². The highest BCUT2D eigenvalue weighted by molar-refractivity contribution is 7.92. The molecule has 0 atom stereocenters. The fraction of sp³-hybridized carbons (Fsp3) is 0.429. The summed E-state index contributed by atoms with van der Waals surface area (Å²) in [6.07, 6.45) is 1.33. The van der Waals surface area contributed by atoms with Crippen LogP contribution in [-0.4, -0.2) is 118 Å². The van der Waals surface area contributed by atoms with Crippen molar-refractivity contribution < 1.29 is 13.2 Å². The van der Waals surface area contributed by atoms with Crippen molar-refractivity contribution in [2.75, 3.05) is 10.6 Å². The third kappa shape index (κ3) is 6.53. The van der Waals surface area contributed by atoms with E-state index in [-0.39, 0.29) is 38.7 Å². The fourth-order valence-electron chi connectivity index (χ4n) is 5.40. The van der Waals surface area contributed by atoms with Crippen LogP contribution in [0, 0.1) is 6.92 Å². The van der Waals surface area contributed by atoms with Gasteiger partial charge in [-0.2, -0.15) is 4.98 Å². The molecule has 2 heterocycles. The lowest BCUT2D eigenvalue weighted by molar-refractivity contribution is 0.198. The predicted octanol–water partition coefficient (Wildman–Crippen LogP) is 1.25. The highest BCUT2D eigenvalue weighted by Crippen LogP contribution is 2.64. The van der Waals surface area contributed by atoms with Crippen LogP contribution < -0.4 is 20.7 Å². The molecule has 1 aromatic heterocycles. The zero-order chi connectivity index (χ0) is 36.5. The van der Waals surface area contributed by atoms with Crippen LogP contribution in [0.2, 0.25) is 15.5 Å². The Labute approximate surface area is 302 Å². The fourth-order valence-corrected chi connectivity index (χ4v) is 6.74. The van der Waals surface area contributed by atoms with E-state index in [0.717, 1.165) is 0 Å². The predicted molar refractivity (Wildman–Crippen MR) is 201 cm³/mol. The van der Waals surface area contributed by atoms with Gasteiger partial charge in [-0.15, -0.1) is 0 Å². The van der Waals surface area contributed by atoms with Crippen LogP contribution >= 0.6 is 11.6 Å². The quantitative estimate of drug-likeness (QED) is 0.296. The lowest BCUT2D eigenvalue weighted by atomic mass is 9.09. The van der Waals surface area contributed by atoms with Crippen molar-refractivity contribution in [2.24, 2.45) is 0 Å². The van der Waals surface area contributed by atoms with Gasteiger partial charge in [0.25, 0.3) is 0 Å². The van der Waals surface area contributed by atoms with Gasteiger partial charge in [0.15, 0.2) is 15.7 Å². The van der Waals surface area contributed by atoms with Gasteiger partial charge < -0.3 is 20.7 Å². The van der Waals surface area contributed by atoms with E-state index < -0.39 is 47.0 Å². The van der Waals surface area contributed by atoms with Gasteiger partial charge in [-0.25, -0.2) is 13.4 Å².